The second-order valence-corrected chi connectivity index (χ2v) is 1.97. The fourth-order valence-electron chi connectivity index (χ4n) is 0.470. The van der Waals surface area contributed by atoms with Gasteiger partial charge in [0.15, 0.2) is 0 Å². The minimum absolute atomic E-state index is 0. The average Bonchev–Trinajstić information content (AvgIpc) is 2.42. The minimum Gasteiger partial charge on any atom is -0.630 e. The van der Waals surface area contributed by atoms with Crippen LogP contribution in [0.15, 0.2) is 10.6 Å². The molecule has 3 heteroatoms. The van der Waals surface area contributed by atoms with Crippen molar-refractivity contribution in [3.05, 3.63) is 18.4 Å². The van der Waals surface area contributed by atoms with E-state index in [0.29, 0.717) is 5.92 Å². The fraction of sp³-hybridized carbons (Fsp3) is 0.625. The van der Waals surface area contributed by atoms with E-state index in [1.165, 1.54) is 6.20 Å². The van der Waals surface area contributed by atoms with E-state index >= 15 is 0 Å². The van der Waals surface area contributed by atoms with Gasteiger partial charge in [-0.15, -0.1) is 0 Å². The normalized spacial score (nSPS) is 8.09. The molecule has 0 saturated heterocycles. The molecule has 1 rings (SSSR count). The summed E-state index contributed by atoms with van der Waals surface area (Å²) in [5.74, 6) is 1.13. The quantitative estimate of drug-likeness (QED) is 0.434. The summed E-state index contributed by atoms with van der Waals surface area (Å²) >= 11 is 0. The molecule has 0 spiro atoms. The van der Waals surface area contributed by atoms with Crippen LogP contribution in [-0.2, 0) is 0 Å². The molecule has 1 heterocycles. The van der Waals surface area contributed by atoms with E-state index in [-0.39, 0.29) is 51.4 Å². The van der Waals surface area contributed by atoms with E-state index < -0.39 is 0 Å². The molecule has 1 aromatic heterocycles. The SMILES string of the molecule is CC.CC(C)c1nc[c-]o1.[K+]. The topological polar surface area (TPSA) is 26.0 Å². The van der Waals surface area contributed by atoms with Gasteiger partial charge in [0.05, 0.1) is 0 Å². The van der Waals surface area contributed by atoms with Crippen LogP contribution in [0.2, 0.25) is 0 Å². The van der Waals surface area contributed by atoms with Crippen LogP contribution in [0.25, 0.3) is 0 Å². The Kier molecular flexibility index (Phi) is 11.7. The van der Waals surface area contributed by atoms with Crippen molar-refractivity contribution in [3.63, 3.8) is 0 Å². The van der Waals surface area contributed by atoms with Crippen LogP contribution in [0, 0.1) is 6.26 Å². The number of aromatic nitrogens is 1. The van der Waals surface area contributed by atoms with Crippen molar-refractivity contribution in [2.24, 2.45) is 0 Å². The third-order valence-corrected chi connectivity index (χ3v) is 0.902. The summed E-state index contributed by atoms with van der Waals surface area (Å²) in [6, 6.07) is 0. The van der Waals surface area contributed by atoms with E-state index in [0.717, 1.165) is 5.89 Å². The van der Waals surface area contributed by atoms with Crippen molar-refractivity contribution in [2.45, 2.75) is 33.6 Å². The van der Waals surface area contributed by atoms with Crippen molar-refractivity contribution in [3.8, 4) is 0 Å². The molecule has 0 bridgehead atoms. The summed E-state index contributed by atoms with van der Waals surface area (Å²) in [7, 11) is 0. The van der Waals surface area contributed by atoms with E-state index in [4.69, 9.17) is 4.42 Å². The Bertz CT molecular complexity index is 149. The predicted molar refractivity (Wildman–Crippen MR) is 40.8 cm³/mol. The van der Waals surface area contributed by atoms with Gasteiger partial charge in [-0.2, -0.15) is 0 Å². The van der Waals surface area contributed by atoms with Crippen LogP contribution in [0.5, 0.6) is 0 Å². The molecule has 58 valence electrons. The van der Waals surface area contributed by atoms with Gasteiger partial charge in [0.25, 0.3) is 0 Å². The van der Waals surface area contributed by atoms with Gasteiger partial charge in [-0.1, -0.05) is 34.0 Å². The fourth-order valence-corrected chi connectivity index (χ4v) is 0.470. The molecule has 0 atom stereocenters. The molecule has 0 N–H and O–H groups in total. The van der Waals surface area contributed by atoms with E-state index in [1.807, 2.05) is 27.7 Å². The van der Waals surface area contributed by atoms with E-state index in [1.54, 1.807) is 0 Å². The molecule has 0 saturated carbocycles. The Hall–Kier alpha value is 0.846. The number of hydrogen-bond donors (Lipinski definition) is 0. The first-order valence-electron chi connectivity index (χ1n) is 3.62. The van der Waals surface area contributed by atoms with Gasteiger partial charge in [0.2, 0.25) is 0 Å². The summed E-state index contributed by atoms with van der Waals surface area (Å²) in [5.41, 5.74) is 0. The van der Waals surface area contributed by atoms with Crippen molar-refractivity contribution in [1.29, 1.82) is 0 Å². The Labute approximate surface area is 111 Å². The molecular weight excluding hydrogens is 165 g/mol. The molecule has 0 aliphatic carbocycles. The Balaban J connectivity index is 0. The maximum atomic E-state index is 4.86. The monoisotopic (exact) mass is 179 g/mol. The van der Waals surface area contributed by atoms with Crippen LogP contribution < -0.4 is 51.4 Å². The van der Waals surface area contributed by atoms with Crippen molar-refractivity contribution >= 4 is 0 Å². The average molecular weight is 179 g/mol. The number of nitrogens with zero attached hydrogens (tertiary/aromatic N) is 1. The van der Waals surface area contributed by atoms with Gasteiger partial charge in [-0.3, -0.25) is 0 Å². The largest absolute Gasteiger partial charge is 1.00 e. The van der Waals surface area contributed by atoms with Gasteiger partial charge < -0.3 is 9.40 Å². The molecule has 0 aromatic carbocycles. The molecule has 0 fully saturated rings. The van der Waals surface area contributed by atoms with Gasteiger partial charge in [0, 0.05) is 5.89 Å². The van der Waals surface area contributed by atoms with Gasteiger partial charge in [-0.05, 0) is 12.1 Å². The first-order valence-corrected chi connectivity index (χ1v) is 3.62. The summed E-state index contributed by atoms with van der Waals surface area (Å²) in [5, 5.41) is 0. The third-order valence-electron chi connectivity index (χ3n) is 0.902. The van der Waals surface area contributed by atoms with Crippen LogP contribution in [0.1, 0.15) is 39.5 Å². The zero-order chi connectivity index (χ0) is 7.98. The van der Waals surface area contributed by atoms with Crippen LogP contribution in [0.4, 0.5) is 0 Å². The minimum atomic E-state index is 0. The number of oxazole rings is 1. The van der Waals surface area contributed by atoms with Crippen LogP contribution >= 0.6 is 0 Å². The maximum absolute atomic E-state index is 4.86. The molecular formula is C8H14KNO. The first-order chi connectivity index (χ1) is 4.80. The second-order valence-electron chi connectivity index (χ2n) is 1.97. The summed E-state index contributed by atoms with van der Waals surface area (Å²) < 4.78 is 4.86. The van der Waals surface area contributed by atoms with Crippen LogP contribution in [0.3, 0.4) is 0 Å². The molecule has 2 nitrogen and oxygen atoms in total. The smallest absolute Gasteiger partial charge is 0.630 e. The van der Waals surface area contributed by atoms with Crippen LogP contribution in [-0.4, -0.2) is 4.98 Å². The summed E-state index contributed by atoms with van der Waals surface area (Å²) in [4.78, 5) is 3.89. The number of rotatable bonds is 1. The molecule has 11 heavy (non-hydrogen) atoms. The zero-order valence-corrected chi connectivity index (χ0v) is 11.1. The van der Waals surface area contributed by atoms with E-state index in [2.05, 4.69) is 11.2 Å². The first kappa shape index (κ1) is 14.4. The van der Waals surface area contributed by atoms with Gasteiger partial charge in [0.1, 0.15) is 0 Å². The Morgan fingerprint density at radius 2 is 2.00 bits per heavy atom. The molecule has 0 unspecified atom stereocenters. The molecule has 0 aliphatic heterocycles. The predicted octanol–water partition coefficient (Wildman–Crippen LogP) is -0.372. The zero-order valence-electron chi connectivity index (χ0n) is 8.01. The molecule has 0 radical (unpaired) electrons. The number of hydrogen-bond acceptors (Lipinski definition) is 2. The summed E-state index contributed by atoms with van der Waals surface area (Å²) in [6.07, 6.45) is 4.06. The van der Waals surface area contributed by atoms with Crippen molar-refractivity contribution in [1.82, 2.24) is 4.98 Å². The molecule has 0 aliphatic rings. The van der Waals surface area contributed by atoms with Gasteiger partial charge in [-0.25, -0.2) is 0 Å². The summed E-state index contributed by atoms with van der Waals surface area (Å²) in [6.45, 7) is 8.05. The second kappa shape index (κ2) is 8.94. The van der Waals surface area contributed by atoms with Gasteiger partial charge >= 0.3 is 51.4 Å². The Morgan fingerprint density at radius 3 is 2.18 bits per heavy atom. The Morgan fingerprint density at radius 1 is 1.45 bits per heavy atom. The van der Waals surface area contributed by atoms with E-state index in [9.17, 15) is 0 Å². The third kappa shape index (κ3) is 6.05. The molecule has 1 aromatic rings. The molecule has 0 amide bonds. The standard InChI is InChI=1S/C6H8NO.C2H6.K/c1-5(2)6-7-3-4-8-6;1-2;/h3,5H,1-2H3;1-2H3;/q-1;;+1. The maximum Gasteiger partial charge on any atom is 1.00 e. The van der Waals surface area contributed by atoms with Crippen molar-refractivity contribution < 1.29 is 55.8 Å². The van der Waals surface area contributed by atoms with Crippen molar-refractivity contribution in [2.75, 3.05) is 0 Å².